The lowest BCUT2D eigenvalue weighted by molar-refractivity contribution is -0.121. The minimum Gasteiger partial charge on any atom is -0.352 e. The van der Waals surface area contributed by atoms with Crippen LogP contribution in [0.25, 0.3) is 10.8 Å². The molecule has 1 unspecified atom stereocenters. The van der Waals surface area contributed by atoms with Crippen LogP contribution in [0, 0.1) is 0 Å². The Kier molecular flexibility index (Phi) is 6.24. The summed E-state index contributed by atoms with van der Waals surface area (Å²) in [6, 6.07) is 21.2. The van der Waals surface area contributed by atoms with E-state index in [4.69, 9.17) is 0 Å². The molecule has 0 radical (unpaired) electrons. The fourth-order valence-corrected chi connectivity index (χ4v) is 3.28. The van der Waals surface area contributed by atoms with Gasteiger partial charge in [0.15, 0.2) is 0 Å². The first-order valence-electron chi connectivity index (χ1n) is 8.85. The van der Waals surface area contributed by atoms with Crippen LogP contribution in [-0.4, -0.2) is 18.4 Å². The number of halogens is 1. The molecule has 0 fully saturated rings. The van der Waals surface area contributed by atoms with Crippen molar-refractivity contribution in [3.63, 3.8) is 0 Å². The van der Waals surface area contributed by atoms with E-state index in [1.54, 1.807) is 12.1 Å². The monoisotopic (exact) mass is 424 g/mol. The summed E-state index contributed by atoms with van der Waals surface area (Å²) in [7, 11) is 0. The summed E-state index contributed by atoms with van der Waals surface area (Å²) in [6.45, 7) is 2.27. The van der Waals surface area contributed by atoms with Crippen LogP contribution in [0.3, 0.4) is 0 Å². The van der Waals surface area contributed by atoms with Crippen LogP contribution in [0.1, 0.15) is 35.3 Å². The Hall–Kier alpha value is -2.66. The molecule has 3 rings (SSSR count). The lowest BCUT2D eigenvalue weighted by Gasteiger charge is -2.17. The molecule has 5 heteroatoms. The van der Waals surface area contributed by atoms with Crippen molar-refractivity contribution in [1.82, 2.24) is 10.6 Å². The minimum absolute atomic E-state index is 0.0912. The molecule has 0 saturated carbocycles. The number of amides is 2. The first kappa shape index (κ1) is 19.1. The van der Waals surface area contributed by atoms with Gasteiger partial charge >= 0.3 is 0 Å². The molecule has 0 aliphatic rings. The van der Waals surface area contributed by atoms with Gasteiger partial charge in [0.05, 0.1) is 6.04 Å². The van der Waals surface area contributed by atoms with Crippen molar-refractivity contribution in [3.05, 3.63) is 82.3 Å². The number of nitrogens with one attached hydrogen (secondary N) is 2. The van der Waals surface area contributed by atoms with E-state index in [0.29, 0.717) is 12.1 Å². The molecule has 138 valence electrons. The van der Waals surface area contributed by atoms with Crippen molar-refractivity contribution in [2.45, 2.75) is 19.4 Å². The summed E-state index contributed by atoms with van der Waals surface area (Å²) in [5.41, 5.74) is 1.66. The van der Waals surface area contributed by atoms with Crippen LogP contribution in [0.5, 0.6) is 0 Å². The Morgan fingerprint density at radius 2 is 1.67 bits per heavy atom. The highest BCUT2D eigenvalue weighted by molar-refractivity contribution is 9.10. The second-order valence-electron chi connectivity index (χ2n) is 6.37. The molecule has 0 aliphatic heterocycles. The highest BCUT2D eigenvalue weighted by Crippen LogP contribution is 2.24. The number of carbonyl (C=O) groups is 2. The third-order valence-electron chi connectivity index (χ3n) is 4.41. The second kappa shape index (κ2) is 8.82. The standard InChI is InChI=1S/C22H21BrN2O2/c1-15(19-8-4-6-16-5-2-3-7-20(16)19)25-21(26)13-14-24-22(27)17-9-11-18(23)12-10-17/h2-12,15H,13-14H2,1H3,(H,24,27)(H,25,26). The van der Waals surface area contributed by atoms with E-state index in [0.717, 1.165) is 20.8 Å². The number of rotatable bonds is 6. The maximum absolute atomic E-state index is 12.3. The van der Waals surface area contributed by atoms with E-state index in [2.05, 4.69) is 44.8 Å². The highest BCUT2D eigenvalue weighted by atomic mass is 79.9. The maximum atomic E-state index is 12.3. The van der Waals surface area contributed by atoms with Crippen LogP contribution >= 0.6 is 15.9 Å². The van der Waals surface area contributed by atoms with E-state index in [9.17, 15) is 9.59 Å². The van der Waals surface area contributed by atoms with Gasteiger partial charge in [-0.05, 0) is 47.5 Å². The zero-order chi connectivity index (χ0) is 19.2. The number of benzene rings is 3. The zero-order valence-electron chi connectivity index (χ0n) is 15.0. The van der Waals surface area contributed by atoms with Gasteiger partial charge in [0.25, 0.3) is 5.91 Å². The lowest BCUT2D eigenvalue weighted by Crippen LogP contribution is -2.32. The molecule has 0 aliphatic carbocycles. The van der Waals surface area contributed by atoms with Gasteiger partial charge in [-0.25, -0.2) is 0 Å². The topological polar surface area (TPSA) is 58.2 Å². The third kappa shape index (κ3) is 4.95. The average molecular weight is 425 g/mol. The Labute approximate surface area is 167 Å². The molecule has 2 N–H and O–H groups in total. The predicted molar refractivity (Wildman–Crippen MR) is 112 cm³/mol. The number of fused-ring (bicyclic) bond motifs is 1. The zero-order valence-corrected chi connectivity index (χ0v) is 16.6. The summed E-state index contributed by atoms with van der Waals surface area (Å²) in [5, 5.41) is 8.08. The Morgan fingerprint density at radius 1 is 0.963 bits per heavy atom. The Morgan fingerprint density at radius 3 is 2.44 bits per heavy atom. The highest BCUT2D eigenvalue weighted by Gasteiger charge is 2.12. The van der Waals surface area contributed by atoms with E-state index < -0.39 is 0 Å². The summed E-state index contributed by atoms with van der Waals surface area (Å²) >= 11 is 3.34. The average Bonchev–Trinajstić information content (AvgIpc) is 2.68. The van der Waals surface area contributed by atoms with Crippen molar-refractivity contribution >= 4 is 38.5 Å². The molecule has 0 aromatic heterocycles. The maximum Gasteiger partial charge on any atom is 0.251 e. The van der Waals surface area contributed by atoms with Gasteiger partial charge in [0.2, 0.25) is 5.91 Å². The van der Waals surface area contributed by atoms with Gasteiger partial charge < -0.3 is 10.6 Å². The number of hydrogen-bond acceptors (Lipinski definition) is 2. The summed E-state index contributed by atoms with van der Waals surface area (Å²) < 4.78 is 0.917. The summed E-state index contributed by atoms with van der Waals surface area (Å²) in [6.07, 6.45) is 0.234. The van der Waals surface area contributed by atoms with E-state index in [1.807, 2.05) is 43.3 Å². The molecular formula is C22H21BrN2O2. The van der Waals surface area contributed by atoms with Gasteiger partial charge in [-0.3, -0.25) is 9.59 Å². The number of hydrogen-bond donors (Lipinski definition) is 2. The van der Waals surface area contributed by atoms with E-state index in [-0.39, 0.29) is 24.3 Å². The fraction of sp³-hybridized carbons (Fsp3) is 0.182. The second-order valence-corrected chi connectivity index (χ2v) is 7.29. The molecule has 0 saturated heterocycles. The fourth-order valence-electron chi connectivity index (χ4n) is 3.01. The molecule has 27 heavy (non-hydrogen) atoms. The SMILES string of the molecule is CC(NC(=O)CCNC(=O)c1ccc(Br)cc1)c1cccc2ccccc12. The van der Waals surface area contributed by atoms with Crippen LogP contribution in [-0.2, 0) is 4.79 Å². The molecule has 3 aromatic rings. The Balaban J connectivity index is 1.53. The predicted octanol–water partition coefficient (Wildman–Crippen LogP) is 4.60. The Bertz CT molecular complexity index is 949. The minimum atomic E-state index is -0.183. The molecule has 2 amide bonds. The van der Waals surface area contributed by atoms with Crippen molar-refractivity contribution < 1.29 is 9.59 Å². The van der Waals surface area contributed by atoms with Gasteiger partial charge in [-0.2, -0.15) is 0 Å². The lowest BCUT2D eigenvalue weighted by atomic mass is 9.99. The van der Waals surface area contributed by atoms with Crippen molar-refractivity contribution in [2.24, 2.45) is 0 Å². The molecular weight excluding hydrogens is 404 g/mol. The molecule has 0 bridgehead atoms. The van der Waals surface area contributed by atoms with Crippen LogP contribution in [0.2, 0.25) is 0 Å². The molecule has 0 spiro atoms. The smallest absolute Gasteiger partial charge is 0.251 e. The van der Waals surface area contributed by atoms with Gasteiger partial charge in [0.1, 0.15) is 0 Å². The van der Waals surface area contributed by atoms with Crippen molar-refractivity contribution in [3.8, 4) is 0 Å². The van der Waals surface area contributed by atoms with Crippen LogP contribution < -0.4 is 10.6 Å². The number of carbonyl (C=O) groups excluding carboxylic acids is 2. The van der Waals surface area contributed by atoms with Crippen LogP contribution in [0.4, 0.5) is 0 Å². The summed E-state index contributed by atoms with van der Waals surface area (Å²) in [5.74, 6) is -0.274. The first-order chi connectivity index (χ1) is 13.0. The normalized spacial score (nSPS) is 11.8. The van der Waals surface area contributed by atoms with Crippen LogP contribution in [0.15, 0.2) is 71.2 Å². The van der Waals surface area contributed by atoms with E-state index in [1.165, 1.54) is 0 Å². The molecule has 1 atom stereocenters. The van der Waals surface area contributed by atoms with E-state index >= 15 is 0 Å². The van der Waals surface area contributed by atoms with Crippen molar-refractivity contribution in [1.29, 1.82) is 0 Å². The summed E-state index contributed by atoms with van der Waals surface area (Å²) in [4.78, 5) is 24.3. The van der Waals surface area contributed by atoms with Gasteiger partial charge in [0, 0.05) is 23.0 Å². The molecule has 4 nitrogen and oxygen atoms in total. The van der Waals surface area contributed by atoms with Gasteiger partial charge in [-0.15, -0.1) is 0 Å². The molecule has 0 heterocycles. The van der Waals surface area contributed by atoms with Crippen molar-refractivity contribution in [2.75, 3.05) is 6.54 Å². The largest absolute Gasteiger partial charge is 0.352 e. The molecule has 3 aromatic carbocycles. The quantitative estimate of drug-likeness (QED) is 0.607. The third-order valence-corrected chi connectivity index (χ3v) is 4.94. The van der Waals surface area contributed by atoms with Gasteiger partial charge in [-0.1, -0.05) is 58.4 Å². The first-order valence-corrected chi connectivity index (χ1v) is 9.64.